The van der Waals surface area contributed by atoms with E-state index in [9.17, 15) is 14.7 Å². The lowest BCUT2D eigenvalue weighted by molar-refractivity contribution is -0.187. The van der Waals surface area contributed by atoms with Gasteiger partial charge in [-0.2, -0.15) is 0 Å². The molecular weight excluding hydrogens is 661 g/mol. The number of ketones is 1. The van der Waals surface area contributed by atoms with E-state index in [1.54, 1.807) is 30.3 Å². The number of aromatic nitrogens is 2. The molecule has 3 aromatic rings. The second kappa shape index (κ2) is 14.7. The van der Waals surface area contributed by atoms with E-state index in [1.807, 2.05) is 58.0 Å². The summed E-state index contributed by atoms with van der Waals surface area (Å²) in [5.41, 5.74) is -2.65. The van der Waals surface area contributed by atoms with Gasteiger partial charge in [0, 0.05) is 12.3 Å². The maximum absolute atomic E-state index is 15.1. The van der Waals surface area contributed by atoms with Gasteiger partial charge in [0.1, 0.15) is 25.0 Å². The Bertz CT molecular complexity index is 1690. The highest BCUT2D eigenvalue weighted by molar-refractivity contribution is 6.84. The largest absolute Gasteiger partial charge is 0.414 e. The summed E-state index contributed by atoms with van der Waals surface area (Å²) in [6, 6.07) is 19.1. The molecule has 2 aromatic carbocycles. The Labute approximate surface area is 290 Å². The number of benzene rings is 2. The fraction of sp³-hybridized carbons (Fsp3) is 0.528. The van der Waals surface area contributed by atoms with Gasteiger partial charge in [0.05, 0.1) is 13.2 Å². The SMILES string of the molecule is CC(C)[Si]1(C(C)C)OC[C@H]2O[C@]([C@@H](O)c3ccccc3)(n3ccc(=O)n(COCc4ccccc4)c3=O)C(=O)[C@@H]2O[Si](C(C)C)(C(C)C)O1. The van der Waals surface area contributed by atoms with E-state index in [0.29, 0.717) is 5.56 Å². The van der Waals surface area contributed by atoms with Gasteiger partial charge in [-0.15, -0.1) is 0 Å². The van der Waals surface area contributed by atoms with Crippen LogP contribution < -0.4 is 11.2 Å². The molecule has 4 atom stereocenters. The number of hydrogen-bond donors (Lipinski definition) is 1. The predicted octanol–water partition coefficient (Wildman–Crippen LogP) is 5.50. The number of hydrogen-bond acceptors (Lipinski definition) is 9. The monoisotopic (exact) mass is 710 g/mol. The van der Waals surface area contributed by atoms with Gasteiger partial charge in [0.2, 0.25) is 11.5 Å². The minimum absolute atomic E-state index is 0.0442. The molecule has 2 aliphatic rings. The van der Waals surface area contributed by atoms with Gasteiger partial charge < -0.3 is 27.5 Å². The number of carbonyl (C=O) groups excluding carboxylic acids is 1. The van der Waals surface area contributed by atoms with E-state index in [1.165, 1.54) is 12.3 Å². The zero-order chi connectivity index (χ0) is 35.7. The first-order chi connectivity index (χ1) is 23.2. The molecule has 0 bridgehead atoms. The predicted molar refractivity (Wildman–Crippen MR) is 189 cm³/mol. The van der Waals surface area contributed by atoms with Crippen LogP contribution in [0.25, 0.3) is 0 Å². The Morgan fingerprint density at radius 1 is 0.837 bits per heavy atom. The average Bonchev–Trinajstić information content (AvgIpc) is 3.33. The van der Waals surface area contributed by atoms with Crippen LogP contribution in [0.2, 0.25) is 22.2 Å². The molecule has 5 rings (SSSR count). The Morgan fingerprint density at radius 3 is 1.98 bits per heavy atom. The van der Waals surface area contributed by atoms with E-state index < -0.39 is 58.2 Å². The molecule has 2 aliphatic heterocycles. The molecular formula is C36H50N2O9Si2. The first-order valence-electron chi connectivity index (χ1n) is 17.1. The third-order valence-corrected chi connectivity index (χ3v) is 20.1. The van der Waals surface area contributed by atoms with Crippen molar-refractivity contribution in [3.8, 4) is 0 Å². The molecule has 0 radical (unpaired) electrons. The Hall–Kier alpha value is -3.02. The highest BCUT2D eigenvalue weighted by Gasteiger charge is 2.67. The third kappa shape index (κ3) is 6.63. The van der Waals surface area contributed by atoms with Crippen molar-refractivity contribution in [3.05, 3.63) is 105 Å². The van der Waals surface area contributed by atoms with Gasteiger partial charge in [-0.3, -0.25) is 14.2 Å². The minimum Gasteiger partial charge on any atom is -0.414 e. The minimum atomic E-state index is -3.28. The first-order valence-corrected chi connectivity index (χ1v) is 21.1. The quantitative estimate of drug-likeness (QED) is 0.257. The van der Waals surface area contributed by atoms with Gasteiger partial charge in [-0.25, -0.2) is 9.36 Å². The maximum Gasteiger partial charge on any atom is 0.335 e. The summed E-state index contributed by atoms with van der Waals surface area (Å²) in [6.07, 6.45) is -2.65. The van der Waals surface area contributed by atoms with Crippen molar-refractivity contribution in [2.75, 3.05) is 6.61 Å². The normalized spacial score (nSPS) is 24.3. The summed E-state index contributed by atoms with van der Waals surface area (Å²) in [7, 11) is -6.28. The van der Waals surface area contributed by atoms with E-state index >= 15 is 4.79 Å². The smallest absolute Gasteiger partial charge is 0.335 e. The van der Waals surface area contributed by atoms with Crippen molar-refractivity contribution >= 4 is 22.9 Å². The summed E-state index contributed by atoms with van der Waals surface area (Å²) in [5, 5.41) is 12.2. The van der Waals surface area contributed by atoms with E-state index in [2.05, 4.69) is 27.7 Å². The lowest BCUT2D eigenvalue weighted by Crippen LogP contribution is -2.65. The number of rotatable bonds is 11. The molecule has 13 heteroatoms. The fourth-order valence-electron chi connectivity index (χ4n) is 7.18. The highest BCUT2D eigenvalue weighted by Crippen LogP contribution is 2.50. The van der Waals surface area contributed by atoms with E-state index in [0.717, 1.165) is 14.7 Å². The molecule has 2 saturated heterocycles. The van der Waals surface area contributed by atoms with Crippen LogP contribution in [0.1, 0.15) is 72.6 Å². The van der Waals surface area contributed by atoms with Gasteiger partial charge in [0.15, 0.2) is 0 Å². The van der Waals surface area contributed by atoms with E-state index in [4.69, 9.17) is 22.4 Å². The summed E-state index contributed by atoms with van der Waals surface area (Å²) in [6.45, 7) is 16.3. The fourth-order valence-corrected chi connectivity index (χ4v) is 18.3. The molecule has 0 unspecified atom stereocenters. The van der Waals surface area contributed by atoms with Crippen LogP contribution in [0.4, 0.5) is 0 Å². The second-order valence-electron chi connectivity index (χ2n) is 14.2. The van der Waals surface area contributed by atoms with Crippen molar-refractivity contribution < 1.29 is 32.3 Å². The van der Waals surface area contributed by atoms with Gasteiger partial charge >= 0.3 is 22.8 Å². The summed E-state index contributed by atoms with van der Waals surface area (Å²) < 4.78 is 35.5. The van der Waals surface area contributed by atoms with Crippen LogP contribution in [-0.2, 0) is 46.3 Å². The highest BCUT2D eigenvalue weighted by atomic mass is 28.5. The second-order valence-corrected chi connectivity index (χ2v) is 23.1. The molecule has 0 saturated carbocycles. The lowest BCUT2D eigenvalue weighted by atomic mass is 9.93. The Balaban J connectivity index is 1.66. The van der Waals surface area contributed by atoms with Crippen molar-refractivity contribution in [1.82, 2.24) is 9.13 Å². The molecule has 49 heavy (non-hydrogen) atoms. The summed E-state index contributed by atoms with van der Waals surface area (Å²) >= 11 is 0. The molecule has 0 aliphatic carbocycles. The van der Waals surface area contributed by atoms with Gasteiger partial charge in [0.25, 0.3) is 5.56 Å². The molecule has 2 fully saturated rings. The standard InChI is InChI=1S/C36H50N2O9Si2/c1-24(2)48(25(3)4)44-22-30-32(46-49(47-48,26(5)6)27(7)8)34(41)36(45-30,33(40)29-17-13-10-14-18-29)38-20-19-31(39)37(35(38)42)23-43-21-28-15-11-9-12-16-28/h9-20,24-27,30,32-33,40H,21-23H2,1-8H3/t30-,32-,33+,36+/m1/s1. The first kappa shape index (κ1) is 37.2. The Morgan fingerprint density at radius 2 is 1.41 bits per heavy atom. The third-order valence-electron chi connectivity index (χ3n) is 9.85. The van der Waals surface area contributed by atoms with Crippen LogP contribution in [0.15, 0.2) is 82.5 Å². The van der Waals surface area contributed by atoms with Crippen LogP contribution in [0.3, 0.4) is 0 Å². The molecule has 1 aromatic heterocycles. The van der Waals surface area contributed by atoms with Gasteiger partial charge in [-0.1, -0.05) is 116 Å². The molecule has 11 nitrogen and oxygen atoms in total. The van der Waals surface area contributed by atoms with Crippen molar-refractivity contribution in [3.63, 3.8) is 0 Å². The van der Waals surface area contributed by atoms with Crippen molar-refractivity contribution in [1.29, 1.82) is 0 Å². The summed E-state index contributed by atoms with van der Waals surface area (Å²) in [5.74, 6) is -0.653. The lowest BCUT2D eigenvalue weighted by Gasteiger charge is -2.50. The number of aliphatic hydroxyl groups excluding tert-OH is 1. The maximum atomic E-state index is 15.1. The molecule has 1 N–H and O–H groups in total. The zero-order valence-corrected chi connectivity index (χ0v) is 31.7. The Kier molecular flexibility index (Phi) is 11.2. The molecule has 3 heterocycles. The van der Waals surface area contributed by atoms with E-state index in [-0.39, 0.29) is 42.1 Å². The van der Waals surface area contributed by atoms with Crippen molar-refractivity contribution in [2.24, 2.45) is 0 Å². The molecule has 0 amide bonds. The number of ether oxygens (including phenoxy) is 2. The summed E-state index contributed by atoms with van der Waals surface area (Å²) in [4.78, 5) is 42.5. The van der Waals surface area contributed by atoms with Crippen LogP contribution >= 0.6 is 0 Å². The van der Waals surface area contributed by atoms with Crippen LogP contribution in [0, 0.1) is 0 Å². The average molecular weight is 711 g/mol. The molecule has 0 spiro atoms. The van der Waals surface area contributed by atoms with Crippen LogP contribution in [-0.4, -0.2) is 56.0 Å². The number of aliphatic hydroxyl groups is 1. The van der Waals surface area contributed by atoms with Crippen LogP contribution in [0.5, 0.6) is 0 Å². The van der Waals surface area contributed by atoms with Crippen molar-refractivity contribution in [2.45, 2.75) is 115 Å². The molecule has 266 valence electrons. The zero-order valence-electron chi connectivity index (χ0n) is 29.7. The number of fused-ring (bicyclic) bond motifs is 1. The number of Topliss-reactive ketones (excluding diaryl/α,β-unsaturated/α-hetero) is 1. The van der Waals surface area contributed by atoms with Gasteiger partial charge in [-0.05, 0) is 33.3 Å². The topological polar surface area (TPSA) is 127 Å². The number of carbonyl (C=O) groups is 1. The number of nitrogens with zero attached hydrogens (tertiary/aromatic N) is 2.